The van der Waals surface area contributed by atoms with Crippen molar-refractivity contribution < 1.29 is 0 Å². The van der Waals surface area contributed by atoms with Gasteiger partial charge in [-0.05, 0) is 203 Å². The number of aromatic amines is 2. The van der Waals surface area contributed by atoms with Gasteiger partial charge in [0.25, 0.3) is 0 Å². The van der Waals surface area contributed by atoms with Crippen LogP contribution in [0.3, 0.4) is 0 Å². The van der Waals surface area contributed by atoms with Crippen molar-refractivity contribution in [3.8, 4) is 126 Å². The molecule has 6 nitrogen and oxygen atoms in total. The molecule has 11 aromatic rings. The van der Waals surface area contributed by atoms with Crippen LogP contribution in [-0.2, 0) is 10.8 Å². The topological polar surface area (TPSA) is 83.1 Å². The Morgan fingerprint density at radius 3 is 1.36 bits per heavy atom. The zero-order chi connectivity index (χ0) is 73.1. The van der Waals surface area contributed by atoms with Crippen molar-refractivity contribution in [3.05, 3.63) is 238 Å². The fraction of sp³-hybridized carbons (Fsp3) is 0.287. The highest BCUT2D eigenvalue weighted by Crippen LogP contribution is 2.57. The minimum atomic E-state index is -0.641. The Morgan fingerprint density at radius 2 is 0.757 bits per heavy atom. The van der Waals surface area contributed by atoms with E-state index in [1.54, 1.807) is 6.92 Å². The van der Waals surface area contributed by atoms with Gasteiger partial charge in [0.1, 0.15) is 0 Å². The van der Waals surface area contributed by atoms with Crippen molar-refractivity contribution in [2.45, 2.75) is 187 Å². The molecule has 0 saturated heterocycles. The Labute approximate surface area is 634 Å². The maximum atomic E-state index is 5.96. The van der Waals surface area contributed by atoms with Gasteiger partial charge in [-0.3, -0.25) is 0 Å². The van der Waals surface area contributed by atoms with Gasteiger partial charge >= 0.3 is 0 Å². The number of unbranched alkanes of at least 4 members (excludes halogenated alkanes) is 15. The van der Waals surface area contributed by atoms with Gasteiger partial charge in [-0.25, -0.2) is 19.9 Å². The predicted molar refractivity (Wildman–Crippen MR) is 452 cm³/mol. The monoisotopic (exact) mass is 1390 g/mol. The quantitative estimate of drug-likeness (QED) is 0.0418. The summed E-state index contributed by atoms with van der Waals surface area (Å²) in [4.78, 5) is 31.4. The molecule has 6 heterocycles. The van der Waals surface area contributed by atoms with E-state index in [-0.39, 0.29) is 5.41 Å². The summed E-state index contributed by atoms with van der Waals surface area (Å²) in [6, 6.07) is 67.2. The molecule has 2 aliphatic carbocycles. The molecule has 1 unspecified atom stereocenters. The predicted octanol–water partition coefficient (Wildman–Crippen LogP) is 26.4. The van der Waals surface area contributed by atoms with E-state index in [2.05, 4.69) is 298 Å². The molecule has 4 aromatic heterocycles. The molecule has 6 heteroatoms. The van der Waals surface area contributed by atoms with Crippen molar-refractivity contribution in [1.29, 1.82) is 0 Å². The molecule has 0 radical (unpaired) electrons. The van der Waals surface area contributed by atoms with E-state index in [0.29, 0.717) is 0 Å². The van der Waals surface area contributed by atoms with Gasteiger partial charge in [0.2, 0.25) is 0 Å². The maximum absolute atomic E-state index is 5.96. The number of fused-ring (bicyclic) bond motifs is 15. The Bertz CT molecular complexity index is 5670. The lowest BCUT2D eigenvalue weighted by molar-refractivity contribution is 0.398. The normalized spacial score (nSPS) is 13.9. The minimum Gasteiger partial charge on any atom is -0.355 e. The molecule has 1 atom stereocenters. The lowest BCUT2D eigenvalue weighted by Gasteiger charge is -2.33. The molecule has 2 N–H and O–H groups in total. The Kier molecular flexibility index (Phi) is 21.7. The van der Waals surface area contributed by atoms with Gasteiger partial charge in [-0.15, -0.1) is 0 Å². The number of hydrogen-bond acceptors (Lipinski definition) is 4. The zero-order valence-corrected chi connectivity index (χ0v) is 63.3. The average Bonchev–Trinajstić information content (AvgIpc) is 1.58. The molecule has 0 saturated carbocycles. The van der Waals surface area contributed by atoms with Gasteiger partial charge in [0.05, 0.1) is 50.6 Å². The number of aromatic nitrogens is 6. The van der Waals surface area contributed by atoms with Crippen LogP contribution in [0, 0.1) is 61.2 Å². The highest BCUT2D eigenvalue weighted by molar-refractivity contribution is 6.05. The zero-order valence-electron chi connectivity index (χ0n) is 63.3. The smallest absolute Gasteiger partial charge is 0.0977 e. The molecular weight excluding hydrogens is 1300 g/mol. The second kappa shape index (κ2) is 32.6. The third kappa shape index (κ3) is 14.3. The summed E-state index contributed by atoms with van der Waals surface area (Å²) in [5.41, 5.74) is 30.4. The fourth-order valence-corrected chi connectivity index (χ4v) is 17.5. The molecule has 0 spiro atoms. The van der Waals surface area contributed by atoms with Gasteiger partial charge < -0.3 is 9.97 Å². The summed E-state index contributed by atoms with van der Waals surface area (Å²) in [5.74, 6) is 24.8. The van der Waals surface area contributed by atoms with E-state index >= 15 is 0 Å². The number of hydrogen-bond donors (Lipinski definition) is 2. The SMILES string of the molecule is CC#CC#CC#CC#CC1(CCCCCCCC)c2ccccc2-c2ccc(-c3c4nc(c(-c5ccc(C)c6nc(-c7ccccc7)c(-c7ccccc7)nc56)c5ccc([nH]5)c(-c5ccc6c(c5)C(CCCCCCCC)(CCCCCCCC)c5ccccc5-6)c5nc(c(C)c6ccc3[nH]6)C=C5)C=C4)cc21. The van der Waals surface area contributed by atoms with Crippen LogP contribution in [0.1, 0.15) is 219 Å². The summed E-state index contributed by atoms with van der Waals surface area (Å²) < 4.78 is 0. The van der Waals surface area contributed by atoms with E-state index in [9.17, 15) is 0 Å². The van der Waals surface area contributed by atoms with Gasteiger partial charge in [-0.1, -0.05) is 294 Å². The largest absolute Gasteiger partial charge is 0.355 e. The summed E-state index contributed by atoms with van der Waals surface area (Å²) in [6.45, 7) is 13.1. The Balaban J connectivity index is 0.986. The molecule has 15 rings (SSSR count). The van der Waals surface area contributed by atoms with Gasteiger partial charge in [0.15, 0.2) is 0 Å². The fourth-order valence-electron chi connectivity index (χ4n) is 17.5. The van der Waals surface area contributed by atoms with Crippen molar-refractivity contribution >= 4 is 57.4 Å². The first kappa shape index (κ1) is 71.3. The van der Waals surface area contributed by atoms with Crippen LogP contribution >= 0.6 is 0 Å². The molecule has 4 aliphatic rings. The number of nitrogens with zero attached hydrogens (tertiary/aromatic N) is 4. The Morgan fingerprint density at radius 1 is 0.327 bits per heavy atom. The van der Waals surface area contributed by atoms with E-state index in [4.69, 9.17) is 19.9 Å². The van der Waals surface area contributed by atoms with Crippen LogP contribution in [0.25, 0.3) is 136 Å². The van der Waals surface area contributed by atoms with Crippen LogP contribution < -0.4 is 0 Å². The van der Waals surface area contributed by atoms with Crippen molar-refractivity contribution in [2.24, 2.45) is 0 Å². The third-order valence-corrected chi connectivity index (χ3v) is 22.9. The van der Waals surface area contributed by atoms with Crippen molar-refractivity contribution in [1.82, 2.24) is 29.9 Å². The number of nitrogens with one attached hydrogen (secondary N) is 2. The van der Waals surface area contributed by atoms with Crippen LogP contribution in [0.4, 0.5) is 0 Å². The van der Waals surface area contributed by atoms with Crippen LogP contribution in [0.2, 0.25) is 0 Å². The lowest BCUT2D eigenvalue weighted by Crippen LogP contribution is -2.25. The van der Waals surface area contributed by atoms with E-state index < -0.39 is 5.41 Å². The summed E-state index contributed by atoms with van der Waals surface area (Å²) in [7, 11) is 0. The highest BCUT2D eigenvalue weighted by Gasteiger charge is 2.44. The van der Waals surface area contributed by atoms with Crippen LogP contribution in [0.5, 0.6) is 0 Å². The molecule has 0 amide bonds. The number of benzene rings is 7. The average molecular weight is 1390 g/mol. The minimum absolute atomic E-state index is 0.118. The maximum Gasteiger partial charge on any atom is 0.0977 e. The van der Waals surface area contributed by atoms with E-state index in [0.717, 1.165) is 155 Å². The van der Waals surface area contributed by atoms with Gasteiger partial charge in [0, 0.05) is 60.9 Å². The van der Waals surface area contributed by atoms with E-state index in [1.165, 1.54) is 147 Å². The molecule has 530 valence electrons. The molecule has 7 aromatic carbocycles. The first-order valence-corrected chi connectivity index (χ1v) is 39.7. The second-order valence-corrected chi connectivity index (χ2v) is 29.8. The highest BCUT2D eigenvalue weighted by atomic mass is 14.8. The Hall–Kier alpha value is -11.3. The standard InChI is InChI=1S/C101H96N6/c1-7-11-15-19-23-27-41-67-101(66-40-26-22-18-14-10-4)82-49-37-35-47-77(82)79-55-52-75(69-84(79)101)94-88-59-57-86(103-88)71(6)85-56-58-87(102-85)93(74-51-54-78-76-46-34-36-48-81(76)100(83(78)68-74,64-38-24-20-16-12-8-2)65-39-25-21-17-13-9-3)89-60-62-91(104-89)95(92-63-61-90(94)105-92)80-53-50-70(5)96-99(80)107-98(73-44-32-29-33-45-73)97(106-96)72-42-30-28-31-43-72/h28-37,42-63,68-69,103-104H,8-10,12-14,16-18,20-22,24-26,38-40,64-66H2,1-6H3. The number of rotatable bonds is 26. The first-order chi connectivity index (χ1) is 52.7. The summed E-state index contributed by atoms with van der Waals surface area (Å²) >= 11 is 0. The molecular formula is C101H96N6. The number of aryl methyl sites for hydroxylation is 2. The lowest BCUT2D eigenvalue weighted by atomic mass is 9.70. The molecule has 2 aliphatic heterocycles. The molecule has 8 bridgehead atoms. The van der Waals surface area contributed by atoms with Crippen LogP contribution in [0.15, 0.2) is 182 Å². The first-order valence-electron chi connectivity index (χ1n) is 39.7. The van der Waals surface area contributed by atoms with Crippen molar-refractivity contribution in [2.75, 3.05) is 0 Å². The molecule has 0 fully saturated rings. The third-order valence-electron chi connectivity index (χ3n) is 22.9. The van der Waals surface area contributed by atoms with E-state index in [1.807, 2.05) is 0 Å². The van der Waals surface area contributed by atoms with Crippen molar-refractivity contribution in [3.63, 3.8) is 0 Å². The summed E-state index contributed by atoms with van der Waals surface area (Å²) in [5, 5.41) is 0. The number of H-pyrrole nitrogens is 2. The van der Waals surface area contributed by atoms with Gasteiger partial charge in [-0.2, -0.15) is 0 Å². The summed E-state index contributed by atoms with van der Waals surface area (Å²) in [6.07, 6.45) is 34.2. The molecule has 107 heavy (non-hydrogen) atoms. The second-order valence-electron chi connectivity index (χ2n) is 29.8. The van der Waals surface area contributed by atoms with Crippen LogP contribution in [-0.4, -0.2) is 29.9 Å².